The first-order valence-corrected chi connectivity index (χ1v) is 8.63. The molecule has 7 heteroatoms. The van der Waals surface area contributed by atoms with E-state index in [9.17, 15) is 9.90 Å². The number of thiophene rings is 1. The zero-order chi connectivity index (χ0) is 16.2. The van der Waals surface area contributed by atoms with Crippen LogP contribution in [0, 0.1) is 5.92 Å². The molecule has 0 unspecified atom stereocenters. The average molecular weight is 332 g/mol. The van der Waals surface area contributed by atoms with E-state index in [0.717, 1.165) is 24.3 Å². The number of nitrogens with one attached hydrogen (secondary N) is 2. The Morgan fingerprint density at radius 3 is 2.74 bits per heavy atom. The van der Waals surface area contributed by atoms with Gasteiger partial charge < -0.3 is 15.7 Å². The van der Waals surface area contributed by atoms with Crippen LogP contribution >= 0.6 is 11.3 Å². The molecule has 0 aromatic carbocycles. The summed E-state index contributed by atoms with van der Waals surface area (Å²) in [6.07, 6.45) is 4.25. The van der Waals surface area contributed by atoms with Gasteiger partial charge in [0.25, 0.3) is 5.91 Å². The van der Waals surface area contributed by atoms with Crippen LogP contribution in [0.3, 0.4) is 0 Å². The van der Waals surface area contributed by atoms with Crippen LogP contribution in [0.25, 0.3) is 0 Å². The highest BCUT2D eigenvalue weighted by Crippen LogP contribution is 2.39. The van der Waals surface area contributed by atoms with Crippen LogP contribution in [0.1, 0.15) is 41.0 Å². The number of hydrogen-bond acceptors (Lipinski definition) is 6. The number of aliphatic hydroxyl groups excluding tert-OH is 1. The predicted molar refractivity (Wildman–Crippen MR) is 89.5 cm³/mol. The Balaban J connectivity index is 1.70. The molecule has 0 aliphatic heterocycles. The smallest absolute Gasteiger partial charge is 0.254 e. The average Bonchev–Trinajstić information content (AvgIpc) is 3.05. The molecule has 2 aromatic rings. The number of aromatic nitrogens is 2. The molecule has 6 nitrogen and oxygen atoms in total. The molecule has 2 aromatic heterocycles. The van der Waals surface area contributed by atoms with Crippen LogP contribution in [-0.2, 0) is 0 Å². The summed E-state index contributed by atoms with van der Waals surface area (Å²) >= 11 is 1.62. The Kier molecular flexibility index (Phi) is 4.88. The monoisotopic (exact) mass is 332 g/mol. The number of nitrogens with zero attached hydrogens (tertiary/aromatic N) is 2. The van der Waals surface area contributed by atoms with Crippen LogP contribution in [0.15, 0.2) is 29.9 Å². The van der Waals surface area contributed by atoms with E-state index in [-0.39, 0.29) is 24.0 Å². The molecule has 0 saturated heterocycles. The van der Waals surface area contributed by atoms with Gasteiger partial charge in [-0.05, 0) is 37.1 Å². The van der Waals surface area contributed by atoms with E-state index in [2.05, 4.69) is 20.6 Å². The van der Waals surface area contributed by atoms with Crippen molar-refractivity contribution in [3.63, 3.8) is 0 Å². The summed E-state index contributed by atoms with van der Waals surface area (Å²) in [6, 6.07) is 3.92. The molecule has 0 bridgehead atoms. The first-order chi connectivity index (χ1) is 11.2. The molecular weight excluding hydrogens is 312 g/mol. The highest BCUT2D eigenvalue weighted by atomic mass is 32.1. The van der Waals surface area contributed by atoms with Crippen LogP contribution in [-0.4, -0.2) is 33.6 Å². The molecule has 122 valence electrons. The third-order valence-electron chi connectivity index (χ3n) is 4.01. The van der Waals surface area contributed by atoms with Crippen molar-refractivity contribution in [3.8, 4) is 0 Å². The van der Waals surface area contributed by atoms with Gasteiger partial charge in [-0.15, -0.1) is 11.3 Å². The molecule has 1 aliphatic rings. The summed E-state index contributed by atoms with van der Waals surface area (Å²) in [5, 5.41) is 17.6. The van der Waals surface area contributed by atoms with Gasteiger partial charge in [-0.2, -0.15) is 0 Å². The molecule has 1 atom stereocenters. The highest BCUT2D eigenvalue weighted by molar-refractivity contribution is 7.10. The standard InChI is InChI=1S/C16H20N4O2S/c1-2-17-16-18-8-11(9-19-16)15(22)20-14(10-6-12(21)7-10)13-4-3-5-23-13/h3-5,8-10,12,14,21H,2,6-7H2,1H3,(H,20,22)(H,17,18,19)/t10?,12?,14-/m1/s1. The molecule has 1 aliphatic carbocycles. The second kappa shape index (κ2) is 7.06. The molecular formula is C16H20N4O2S. The van der Waals surface area contributed by atoms with Gasteiger partial charge in [-0.25, -0.2) is 9.97 Å². The number of hydrogen-bond donors (Lipinski definition) is 3. The van der Waals surface area contributed by atoms with E-state index in [1.165, 1.54) is 12.4 Å². The first-order valence-electron chi connectivity index (χ1n) is 7.75. The third kappa shape index (κ3) is 3.68. The quantitative estimate of drug-likeness (QED) is 0.755. The second-order valence-corrected chi connectivity index (χ2v) is 6.66. The van der Waals surface area contributed by atoms with Crippen LogP contribution in [0.4, 0.5) is 5.95 Å². The molecule has 1 saturated carbocycles. The van der Waals surface area contributed by atoms with Gasteiger partial charge in [-0.3, -0.25) is 4.79 Å². The largest absolute Gasteiger partial charge is 0.393 e. The van der Waals surface area contributed by atoms with Gasteiger partial charge in [0.15, 0.2) is 0 Å². The third-order valence-corrected chi connectivity index (χ3v) is 4.96. The number of carbonyl (C=O) groups excluding carboxylic acids is 1. The lowest BCUT2D eigenvalue weighted by molar-refractivity contribution is 0.0241. The van der Waals surface area contributed by atoms with Crippen LogP contribution in [0.2, 0.25) is 0 Å². The fourth-order valence-electron chi connectivity index (χ4n) is 2.71. The molecule has 23 heavy (non-hydrogen) atoms. The van der Waals surface area contributed by atoms with Crippen molar-refractivity contribution >= 4 is 23.2 Å². The van der Waals surface area contributed by atoms with Gasteiger partial charge in [0.05, 0.1) is 17.7 Å². The predicted octanol–water partition coefficient (Wildman–Crippen LogP) is 2.21. The van der Waals surface area contributed by atoms with Crippen molar-refractivity contribution in [1.29, 1.82) is 0 Å². The van der Waals surface area contributed by atoms with Crippen molar-refractivity contribution in [2.24, 2.45) is 5.92 Å². The van der Waals surface area contributed by atoms with Crippen molar-refractivity contribution in [2.45, 2.75) is 31.9 Å². The Hall–Kier alpha value is -1.99. The molecule has 2 heterocycles. The van der Waals surface area contributed by atoms with Gasteiger partial charge in [0, 0.05) is 23.8 Å². The van der Waals surface area contributed by atoms with E-state index < -0.39 is 0 Å². The minimum atomic E-state index is -0.248. The maximum absolute atomic E-state index is 12.5. The summed E-state index contributed by atoms with van der Waals surface area (Å²) < 4.78 is 0. The lowest BCUT2D eigenvalue weighted by atomic mass is 9.76. The summed E-state index contributed by atoms with van der Waals surface area (Å²) in [4.78, 5) is 21.8. The topological polar surface area (TPSA) is 87.1 Å². The minimum absolute atomic E-state index is 0.0701. The van der Waals surface area contributed by atoms with Crippen molar-refractivity contribution in [3.05, 3.63) is 40.3 Å². The normalized spacial score (nSPS) is 21.3. The summed E-state index contributed by atoms with van der Waals surface area (Å²) in [5.74, 6) is 0.600. The Bertz CT molecular complexity index is 639. The second-order valence-electron chi connectivity index (χ2n) is 5.68. The number of anilines is 1. The first kappa shape index (κ1) is 15.9. The van der Waals surface area contributed by atoms with E-state index >= 15 is 0 Å². The Morgan fingerprint density at radius 1 is 1.43 bits per heavy atom. The lowest BCUT2D eigenvalue weighted by Crippen LogP contribution is -2.41. The van der Waals surface area contributed by atoms with E-state index in [0.29, 0.717) is 11.5 Å². The zero-order valence-electron chi connectivity index (χ0n) is 12.9. The van der Waals surface area contributed by atoms with E-state index in [4.69, 9.17) is 0 Å². The molecule has 3 N–H and O–H groups in total. The van der Waals surface area contributed by atoms with Crippen molar-refractivity contribution in [2.75, 3.05) is 11.9 Å². The number of aliphatic hydroxyl groups is 1. The SMILES string of the molecule is CCNc1ncc(C(=O)N[C@@H](c2cccs2)C2CC(O)C2)cn1. The summed E-state index contributed by atoms with van der Waals surface area (Å²) in [5.41, 5.74) is 0.438. The Morgan fingerprint density at radius 2 is 2.17 bits per heavy atom. The Labute approximate surface area is 139 Å². The number of carbonyl (C=O) groups is 1. The fraction of sp³-hybridized carbons (Fsp3) is 0.438. The molecule has 1 amide bonds. The molecule has 0 spiro atoms. The number of amides is 1. The fourth-order valence-corrected chi connectivity index (χ4v) is 3.58. The summed E-state index contributed by atoms with van der Waals surface area (Å²) in [7, 11) is 0. The van der Waals surface area contributed by atoms with Gasteiger partial charge in [0.1, 0.15) is 0 Å². The summed E-state index contributed by atoms with van der Waals surface area (Å²) in [6.45, 7) is 2.69. The van der Waals surface area contributed by atoms with E-state index in [1.54, 1.807) is 11.3 Å². The van der Waals surface area contributed by atoms with Crippen LogP contribution in [0.5, 0.6) is 0 Å². The van der Waals surface area contributed by atoms with Gasteiger partial charge in [-0.1, -0.05) is 6.07 Å². The lowest BCUT2D eigenvalue weighted by Gasteiger charge is -2.37. The van der Waals surface area contributed by atoms with Gasteiger partial charge >= 0.3 is 0 Å². The van der Waals surface area contributed by atoms with Gasteiger partial charge in [0.2, 0.25) is 5.95 Å². The minimum Gasteiger partial charge on any atom is -0.393 e. The number of rotatable bonds is 6. The molecule has 1 fully saturated rings. The van der Waals surface area contributed by atoms with E-state index in [1.807, 2.05) is 24.4 Å². The molecule has 3 rings (SSSR count). The molecule has 0 radical (unpaired) electrons. The highest BCUT2D eigenvalue weighted by Gasteiger charge is 2.36. The van der Waals surface area contributed by atoms with Crippen molar-refractivity contribution < 1.29 is 9.90 Å². The van der Waals surface area contributed by atoms with Crippen LogP contribution < -0.4 is 10.6 Å². The maximum Gasteiger partial charge on any atom is 0.254 e. The van der Waals surface area contributed by atoms with Crippen molar-refractivity contribution in [1.82, 2.24) is 15.3 Å². The zero-order valence-corrected chi connectivity index (χ0v) is 13.7. The maximum atomic E-state index is 12.5.